The molecule has 0 bridgehead atoms. The Bertz CT molecular complexity index is 1060. The summed E-state index contributed by atoms with van der Waals surface area (Å²) >= 11 is 0. The van der Waals surface area contributed by atoms with Gasteiger partial charge in [0.2, 0.25) is 0 Å². The van der Waals surface area contributed by atoms with Gasteiger partial charge in [-0.05, 0) is 56.4 Å². The van der Waals surface area contributed by atoms with Crippen LogP contribution in [-0.2, 0) is 18.0 Å². The monoisotopic (exact) mass is 519 g/mol. The summed E-state index contributed by atoms with van der Waals surface area (Å²) in [5.74, 6) is 0.0288. The van der Waals surface area contributed by atoms with Gasteiger partial charge in [0.1, 0.15) is 5.75 Å². The molecule has 2 atom stereocenters. The Morgan fingerprint density at radius 1 is 1.11 bits per heavy atom. The summed E-state index contributed by atoms with van der Waals surface area (Å²) in [5, 5.41) is 13.8. The van der Waals surface area contributed by atoms with Crippen molar-refractivity contribution in [3.63, 3.8) is 0 Å². The third kappa shape index (κ3) is 6.22. The molecule has 0 saturated carbocycles. The number of aliphatic hydroxyl groups is 1. The van der Waals surface area contributed by atoms with Crippen molar-refractivity contribution in [1.82, 2.24) is 9.80 Å². The van der Waals surface area contributed by atoms with Crippen LogP contribution in [0.1, 0.15) is 23.1 Å². The standard InChI is InChI=1S/C24H27F6N3O3/c1-32(2)13-18-14-33(8-7-22(18,35)15-5-4-6-20(12-15)36-3)21(34)31-19-10-16(23(25,26)27)9-17(11-19)24(28,29)30/h4-6,9-12,18,35H,7-8,13-14H2,1-3H3,(H,31,34). The van der Waals surface area contributed by atoms with Crippen LogP contribution in [0.3, 0.4) is 0 Å². The summed E-state index contributed by atoms with van der Waals surface area (Å²) in [5.41, 5.74) is -4.43. The Morgan fingerprint density at radius 2 is 1.72 bits per heavy atom. The number of hydrogen-bond acceptors (Lipinski definition) is 4. The zero-order valence-electron chi connectivity index (χ0n) is 19.9. The van der Waals surface area contributed by atoms with E-state index in [4.69, 9.17) is 4.74 Å². The van der Waals surface area contributed by atoms with Gasteiger partial charge in [-0.1, -0.05) is 12.1 Å². The Kier molecular flexibility index (Phi) is 7.80. The lowest BCUT2D eigenvalue weighted by molar-refractivity contribution is -0.143. The topological polar surface area (TPSA) is 65.0 Å². The molecule has 2 N–H and O–H groups in total. The van der Waals surface area contributed by atoms with E-state index in [1.807, 2.05) is 4.90 Å². The second kappa shape index (κ2) is 10.2. The van der Waals surface area contributed by atoms with Gasteiger partial charge in [0.15, 0.2) is 0 Å². The number of nitrogens with one attached hydrogen (secondary N) is 1. The van der Waals surface area contributed by atoms with Gasteiger partial charge in [0.25, 0.3) is 0 Å². The van der Waals surface area contributed by atoms with Crippen LogP contribution in [0.4, 0.5) is 36.8 Å². The van der Waals surface area contributed by atoms with E-state index >= 15 is 0 Å². The van der Waals surface area contributed by atoms with Crippen molar-refractivity contribution in [2.45, 2.75) is 24.4 Å². The number of piperidine rings is 1. The SMILES string of the molecule is COc1cccc(C2(O)CCN(C(=O)Nc3cc(C(F)(F)F)cc(C(F)(F)F)c3)CC2CN(C)C)c1. The number of amides is 2. The van der Waals surface area contributed by atoms with Crippen LogP contribution in [0.25, 0.3) is 0 Å². The Hall–Kier alpha value is -2.99. The first-order valence-electron chi connectivity index (χ1n) is 11.0. The third-order valence-corrected chi connectivity index (χ3v) is 6.16. The number of alkyl halides is 6. The Morgan fingerprint density at radius 3 is 2.25 bits per heavy atom. The van der Waals surface area contributed by atoms with Gasteiger partial charge in [-0.2, -0.15) is 26.3 Å². The number of rotatable bonds is 5. The lowest BCUT2D eigenvalue weighted by Gasteiger charge is -2.45. The quantitative estimate of drug-likeness (QED) is 0.544. The van der Waals surface area contributed by atoms with Crippen molar-refractivity contribution in [2.24, 2.45) is 5.92 Å². The molecule has 1 aliphatic heterocycles. The van der Waals surface area contributed by atoms with Gasteiger partial charge in [0.05, 0.1) is 23.8 Å². The highest BCUT2D eigenvalue weighted by Gasteiger charge is 2.44. The average Bonchev–Trinajstić information content (AvgIpc) is 2.79. The third-order valence-electron chi connectivity index (χ3n) is 6.16. The second-order valence-corrected chi connectivity index (χ2v) is 9.04. The van der Waals surface area contributed by atoms with Gasteiger partial charge in [-0.3, -0.25) is 0 Å². The smallest absolute Gasteiger partial charge is 0.416 e. The first kappa shape index (κ1) is 27.6. The van der Waals surface area contributed by atoms with E-state index in [1.165, 1.54) is 12.0 Å². The second-order valence-electron chi connectivity index (χ2n) is 9.04. The van der Waals surface area contributed by atoms with E-state index in [0.29, 0.717) is 30.0 Å². The minimum Gasteiger partial charge on any atom is -0.497 e. The number of ether oxygens (including phenoxy) is 1. The molecule has 0 aromatic heterocycles. The van der Waals surface area contributed by atoms with Gasteiger partial charge in [-0.25, -0.2) is 4.79 Å². The van der Waals surface area contributed by atoms with Crippen molar-refractivity contribution >= 4 is 11.7 Å². The number of likely N-dealkylation sites (tertiary alicyclic amines) is 1. The number of carbonyl (C=O) groups excluding carboxylic acids is 1. The molecular formula is C24H27F6N3O3. The molecule has 1 fully saturated rings. The molecule has 36 heavy (non-hydrogen) atoms. The van der Waals surface area contributed by atoms with Crippen molar-refractivity contribution < 1.29 is 41.0 Å². The molecular weight excluding hydrogens is 492 g/mol. The average molecular weight is 519 g/mol. The summed E-state index contributed by atoms with van der Waals surface area (Å²) in [6, 6.07) is 6.94. The predicted octanol–water partition coefficient (Wildman–Crippen LogP) is 5.04. The molecule has 198 valence electrons. The highest BCUT2D eigenvalue weighted by atomic mass is 19.4. The number of halogens is 6. The maximum atomic E-state index is 13.2. The number of methoxy groups -OCH3 is 1. The zero-order valence-corrected chi connectivity index (χ0v) is 19.9. The van der Waals surface area contributed by atoms with E-state index in [0.717, 1.165) is 0 Å². The van der Waals surface area contributed by atoms with Crippen LogP contribution in [-0.4, -0.2) is 61.8 Å². The first-order chi connectivity index (χ1) is 16.6. The number of anilines is 1. The van der Waals surface area contributed by atoms with Crippen LogP contribution in [0.2, 0.25) is 0 Å². The van der Waals surface area contributed by atoms with Crippen LogP contribution in [0.5, 0.6) is 5.75 Å². The minimum absolute atomic E-state index is 0.00207. The lowest BCUT2D eigenvalue weighted by Crippen LogP contribution is -2.55. The molecule has 2 aromatic rings. The highest BCUT2D eigenvalue weighted by molar-refractivity contribution is 5.89. The van der Waals surface area contributed by atoms with Crippen molar-refractivity contribution in [2.75, 3.05) is 46.2 Å². The molecule has 2 aromatic carbocycles. The molecule has 2 unspecified atom stereocenters. The fourth-order valence-electron chi connectivity index (χ4n) is 4.35. The predicted molar refractivity (Wildman–Crippen MR) is 121 cm³/mol. The number of carbonyl (C=O) groups is 1. The van der Waals surface area contributed by atoms with Crippen LogP contribution in [0, 0.1) is 5.92 Å². The summed E-state index contributed by atoms with van der Waals surface area (Å²) in [6.07, 6.45) is -9.96. The molecule has 1 saturated heterocycles. The van der Waals surface area contributed by atoms with E-state index in [9.17, 15) is 36.2 Å². The molecule has 3 rings (SSSR count). The number of hydrogen-bond donors (Lipinski definition) is 2. The first-order valence-corrected chi connectivity index (χ1v) is 11.0. The molecule has 6 nitrogen and oxygen atoms in total. The molecule has 1 heterocycles. The van der Waals surface area contributed by atoms with Crippen molar-refractivity contribution in [1.29, 1.82) is 0 Å². The normalized spacial score (nSPS) is 21.0. The van der Waals surface area contributed by atoms with Crippen LogP contribution >= 0.6 is 0 Å². The van der Waals surface area contributed by atoms with Crippen LogP contribution < -0.4 is 10.1 Å². The minimum atomic E-state index is -5.03. The van der Waals surface area contributed by atoms with Gasteiger partial charge < -0.3 is 25.0 Å². The summed E-state index contributed by atoms with van der Waals surface area (Å²) in [7, 11) is 5.06. The summed E-state index contributed by atoms with van der Waals surface area (Å²) in [6.45, 7) is 0.399. The van der Waals surface area contributed by atoms with E-state index < -0.39 is 46.7 Å². The van der Waals surface area contributed by atoms with E-state index in [-0.39, 0.29) is 25.6 Å². The Labute approximate surface area is 204 Å². The van der Waals surface area contributed by atoms with E-state index in [2.05, 4.69) is 5.32 Å². The number of benzene rings is 2. The Balaban J connectivity index is 1.86. The fraction of sp³-hybridized carbons (Fsp3) is 0.458. The largest absolute Gasteiger partial charge is 0.497 e. The zero-order chi connectivity index (χ0) is 26.9. The van der Waals surface area contributed by atoms with Crippen LogP contribution in [0.15, 0.2) is 42.5 Å². The van der Waals surface area contributed by atoms with Gasteiger partial charge in [0, 0.05) is 31.2 Å². The molecule has 2 amide bonds. The number of nitrogens with zero attached hydrogens (tertiary/aromatic N) is 2. The molecule has 0 radical (unpaired) electrons. The van der Waals surface area contributed by atoms with Crippen molar-refractivity contribution in [3.05, 3.63) is 59.2 Å². The number of urea groups is 1. The fourth-order valence-corrected chi connectivity index (χ4v) is 4.35. The van der Waals surface area contributed by atoms with Crippen molar-refractivity contribution in [3.8, 4) is 5.75 Å². The molecule has 0 spiro atoms. The molecule has 12 heteroatoms. The van der Waals surface area contributed by atoms with E-state index in [1.54, 1.807) is 38.4 Å². The maximum absolute atomic E-state index is 13.2. The molecule has 1 aliphatic rings. The van der Waals surface area contributed by atoms with Gasteiger partial charge >= 0.3 is 18.4 Å². The lowest BCUT2D eigenvalue weighted by atomic mass is 9.75. The molecule has 0 aliphatic carbocycles. The van der Waals surface area contributed by atoms with Gasteiger partial charge in [-0.15, -0.1) is 0 Å². The summed E-state index contributed by atoms with van der Waals surface area (Å²) < 4.78 is 84.3. The highest BCUT2D eigenvalue weighted by Crippen LogP contribution is 2.40. The summed E-state index contributed by atoms with van der Waals surface area (Å²) in [4.78, 5) is 16.0. The maximum Gasteiger partial charge on any atom is 0.416 e.